The highest BCUT2D eigenvalue weighted by Gasteiger charge is 2.31. The van der Waals surface area contributed by atoms with Gasteiger partial charge in [-0.3, -0.25) is 9.59 Å². The lowest BCUT2D eigenvalue weighted by atomic mass is 10.0. The molecule has 0 saturated carbocycles. The highest BCUT2D eigenvalue weighted by Crippen LogP contribution is 2.28. The van der Waals surface area contributed by atoms with Gasteiger partial charge in [-0.05, 0) is 47.8 Å². The number of nitrogens with one attached hydrogen (secondary N) is 2. The molecule has 152 valence electrons. The van der Waals surface area contributed by atoms with Gasteiger partial charge in [-0.15, -0.1) is 24.5 Å². The molecule has 0 saturated heterocycles. The molecule has 6 nitrogen and oxygen atoms in total. The largest absolute Gasteiger partial charge is 0.573 e. The van der Waals surface area contributed by atoms with Crippen molar-refractivity contribution in [1.29, 1.82) is 0 Å². The van der Waals surface area contributed by atoms with E-state index in [0.29, 0.717) is 5.76 Å². The van der Waals surface area contributed by atoms with Crippen LogP contribution >= 0.6 is 11.3 Å². The van der Waals surface area contributed by atoms with E-state index in [2.05, 4.69) is 15.4 Å². The van der Waals surface area contributed by atoms with E-state index in [1.807, 2.05) is 17.5 Å². The summed E-state index contributed by atoms with van der Waals surface area (Å²) in [5, 5.41) is 6.76. The van der Waals surface area contributed by atoms with Gasteiger partial charge in [0.25, 0.3) is 0 Å². The van der Waals surface area contributed by atoms with Crippen molar-refractivity contribution in [3.8, 4) is 5.75 Å². The predicted octanol–water partition coefficient (Wildman–Crippen LogP) is 4.13. The predicted molar refractivity (Wildman–Crippen MR) is 99.6 cm³/mol. The summed E-state index contributed by atoms with van der Waals surface area (Å²) in [6.45, 7) is 0.138. The maximum absolute atomic E-state index is 12.2. The topological polar surface area (TPSA) is 80.6 Å². The fourth-order valence-corrected chi connectivity index (χ4v) is 3.36. The Morgan fingerprint density at radius 2 is 1.83 bits per heavy atom. The Morgan fingerprint density at radius 3 is 2.41 bits per heavy atom. The van der Waals surface area contributed by atoms with Crippen molar-refractivity contribution in [2.75, 3.05) is 11.9 Å². The number of alkyl halides is 3. The average molecular weight is 424 g/mol. The summed E-state index contributed by atoms with van der Waals surface area (Å²) in [6.07, 6.45) is -3.28. The molecule has 1 aromatic carbocycles. The number of hydrogen-bond acceptors (Lipinski definition) is 5. The second-order valence-electron chi connectivity index (χ2n) is 5.82. The summed E-state index contributed by atoms with van der Waals surface area (Å²) in [6, 6.07) is 11.7. The van der Waals surface area contributed by atoms with Gasteiger partial charge in [0.1, 0.15) is 11.5 Å². The summed E-state index contributed by atoms with van der Waals surface area (Å²) >= 11 is 1.49. The molecule has 0 aliphatic rings. The normalized spacial score (nSPS) is 12.2. The number of benzene rings is 1. The van der Waals surface area contributed by atoms with E-state index in [4.69, 9.17) is 4.42 Å². The number of thiophene rings is 1. The Kier molecular flexibility index (Phi) is 6.23. The van der Waals surface area contributed by atoms with Crippen LogP contribution in [0.4, 0.5) is 18.9 Å². The molecule has 1 atom stereocenters. The Morgan fingerprint density at radius 1 is 1.07 bits per heavy atom. The lowest BCUT2D eigenvalue weighted by Gasteiger charge is -2.14. The number of carbonyl (C=O) groups is 2. The number of amides is 2. The fraction of sp³-hybridized carbons (Fsp3) is 0.158. The molecule has 2 aromatic heterocycles. The molecular formula is C19H15F3N2O4S. The number of furan rings is 1. The first kappa shape index (κ1) is 20.5. The maximum atomic E-state index is 12.2. The van der Waals surface area contributed by atoms with E-state index in [9.17, 15) is 22.8 Å². The second-order valence-corrected chi connectivity index (χ2v) is 6.80. The molecular weight excluding hydrogens is 409 g/mol. The monoisotopic (exact) mass is 424 g/mol. The van der Waals surface area contributed by atoms with Crippen LogP contribution in [0.25, 0.3) is 0 Å². The van der Waals surface area contributed by atoms with Gasteiger partial charge in [-0.2, -0.15) is 0 Å². The van der Waals surface area contributed by atoms with Gasteiger partial charge in [0.15, 0.2) is 0 Å². The smallest absolute Gasteiger partial charge is 0.469 e. The molecule has 0 bridgehead atoms. The van der Waals surface area contributed by atoms with Crippen LogP contribution in [0.1, 0.15) is 16.6 Å². The van der Waals surface area contributed by atoms with Crippen LogP contribution in [0.3, 0.4) is 0 Å². The van der Waals surface area contributed by atoms with Gasteiger partial charge >= 0.3 is 18.2 Å². The molecule has 0 spiro atoms. The molecule has 0 unspecified atom stereocenters. The zero-order valence-corrected chi connectivity index (χ0v) is 15.5. The molecule has 2 amide bonds. The van der Waals surface area contributed by atoms with Crippen LogP contribution in [0.5, 0.6) is 5.75 Å². The van der Waals surface area contributed by atoms with E-state index < -0.39 is 23.9 Å². The van der Waals surface area contributed by atoms with Crippen molar-refractivity contribution < 1.29 is 31.9 Å². The minimum absolute atomic E-state index is 0.138. The maximum Gasteiger partial charge on any atom is 0.573 e. The SMILES string of the molecule is O=C(NC[C@@H](c1ccco1)c1cccs1)C(=O)Nc1ccc(OC(F)(F)F)cc1. The third-order valence-electron chi connectivity index (χ3n) is 3.79. The van der Waals surface area contributed by atoms with Gasteiger partial charge < -0.3 is 19.8 Å². The number of hydrogen-bond donors (Lipinski definition) is 2. The van der Waals surface area contributed by atoms with Gasteiger partial charge in [-0.1, -0.05) is 6.07 Å². The molecule has 0 aliphatic heterocycles. The molecule has 2 N–H and O–H groups in total. The number of halogens is 3. The van der Waals surface area contributed by atoms with Crippen LogP contribution in [0.15, 0.2) is 64.6 Å². The number of carbonyl (C=O) groups excluding carboxylic acids is 2. The van der Waals surface area contributed by atoms with E-state index in [1.165, 1.54) is 29.7 Å². The summed E-state index contributed by atoms with van der Waals surface area (Å²) < 4.78 is 45.6. The third kappa shape index (κ3) is 5.85. The third-order valence-corrected chi connectivity index (χ3v) is 4.78. The van der Waals surface area contributed by atoms with Crippen LogP contribution in [-0.4, -0.2) is 24.7 Å². The summed E-state index contributed by atoms with van der Waals surface area (Å²) in [5.74, 6) is -1.86. The lowest BCUT2D eigenvalue weighted by Crippen LogP contribution is -2.37. The number of anilines is 1. The van der Waals surface area contributed by atoms with Crippen molar-refractivity contribution in [3.05, 3.63) is 70.8 Å². The zero-order valence-electron chi connectivity index (χ0n) is 14.7. The zero-order chi connectivity index (χ0) is 20.9. The van der Waals surface area contributed by atoms with Crippen molar-refractivity contribution in [3.63, 3.8) is 0 Å². The van der Waals surface area contributed by atoms with Gasteiger partial charge in [0.05, 0.1) is 12.2 Å². The Hall–Kier alpha value is -3.27. The lowest BCUT2D eigenvalue weighted by molar-refractivity contribution is -0.274. The van der Waals surface area contributed by atoms with Crippen LogP contribution in [0, 0.1) is 0 Å². The number of ether oxygens (including phenoxy) is 1. The van der Waals surface area contributed by atoms with Gasteiger partial charge in [0, 0.05) is 17.1 Å². The summed E-state index contributed by atoms with van der Waals surface area (Å²) in [7, 11) is 0. The van der Waals surface area contributed by atoms with E-state index in [-0.39, 0.29) is 18.2 Å². The molecule has 3 aromatic rings. The van der Waals surface area contributed by atoms with Crippen molar-refractivity contribution >= 4 is 28.8 Å². The second kappa shape index (κ2) is 8.82. The van der Waals surface area contributed by atoms with Crippen molar-refractivity contribution in [1.82, 2.24) is 5.32 Å². The van der Waals surface area contributed by atoms with Gasteiger partial charge in [0.2, 0.25) is 0 Å². The fourth-order valence-electron chi connectivity index (χ4n) is 2.52. The molecule has 29 heavy (non-hydrogen) atoms. The van der Waals surface area contributed by atoms with Gasteiger partial charge in [-0.25, -0.2) is 0 Å². The summed E-state index contributed by atoms with van der Waals surface area (Å²) in [4.78, 5) is 25.1. The van der Waals surface area contributed by atoms with Crippen LogP contribution in [-0.2, 0) is 9.59 Å². The Bertz CT molecular complexity index is 905. The number of rotatable bonds is 6. The molecule has 0 fully saturated rings. The minimum Gasteiger partial charge on any atom is -0.469 e. The molecule has 3 rings (SSSR count). The first-order valence-electron chi connectivity index (χ1n) is 8.33. The first-order valence-corrected chi connectivity index (χ1v) is 9.21. The Balaban J connectivity index is 1.57. The van der Waals surface area contributed by atoms with Crippen molar-refractivity contribution in [2.45, 2.75) is 12.3 Å². The van der Waals surface area contributed by atoms with Crippen LogP contribution < -0.4 is 15.4 Å². The standard InChI is InChI=1S/C19H15F3N2O4S/c20-19(21,22)28-13-7-5-12(6-8-13)24-18(26)17(25)23-11-14(15-3-1-9-27-15)16-4-2-10-29-16/h1-10,14H,11H2,(H,23,25)(H,24,26)/t14-/m0/s1. The highest BCUT2D eigenvalue weighted by molar-refractivity contribution is 7.10. The molecule has 0 radical (unpaired) electrons. The van der Waals surface area contributed by atoms with E-state index in [0.717, 1.165) is 17.0 Å². The van der Waals surface area contributed by atoms with E-state index >= 15 is 0 Å². The molecule has 2 heterocycles. The molecule has 0 aliphatic carbocycles. The minimum atomic E-state index is -4.81. The summed E-state index contributed by atoms with van der Waals surface area (Å²) in [5.41, 5.74) is 0.153. The average Bonchev–Trinajstić information content (AvgIpc) is 3.36. The van der Waals surface area contributed by atoms with Crippen molar-refractivity contribution in [2.24, 2.45) is 0 Å². The highest BCUT2D eigenvalue weighted by atomic mass is 32.1. The van der Waals surface area contributed by atoms with E-state index in [1.54, 1.807) is 12.1 Å². The Labute approximate surface area is 167 Å². The van der Waals surface area contributed by atoms with Crippen LogP contribution in [0.2, 0.25) is 0 Å². The quantitative estimate of drug-likeness (QED) is 0.584. The molecule has 10 heteroatoms. The first-order chi connectivity index (χ1) is 13.8.